The molecule has 0 bridgehead atoms. The molecule has 1 aliphatic heterocycles. The van der Waals surface area contributed by atoms with Crippen LogP contribution in [-0.2, 0) is 27.2 Å². The molecule has 0 aliphatic carbocycles. The fourth-order valence-electron chi connectivity index (χ4n) is 4.14. The molecular weight excluding hydrogens is 502 g/mol. The molecule has 4 rings (SSSR count). The van der Waals surface area contributed by atoms with E-state index in [1.165, 1.54) is 12.4 Å². The molecule has 1 amide bonds. The highest BCUT2D eigenvalue weighted by atomic mass is 35.5. The number of nitrogens with one attached hydrogen (secondary N) is 1. The lowest BCUT2D eigenvalue weighted by Crippen LogP contribution is -2.34. The van der Waals surface area contributed by atoms with Gasteiger partial charge >= 0.3 is 0 Å². The summed E-state index contributed by atoms with van der Waals surface area (Å²) in [6.45, 7) is 4.62. The number of rotatable bonds is 11. The van der Waals surface area contributed by atoms with Gasteiger partial charge in [0.05, 0.1) is 25.1 Å². The van der Waals surface area contributed by atoms with E-state index in [0.29, 0.717) is 55.8 Å². The predicted octanol–water partition coefficient (Wildman–Crippen LogP) is 3.83. The number of ether oxygens (including phenoxy) is 2. The van der Waals surface area contributed by atoms with Crippen LogP contribution in [-0.4, -0.2) is 84.4 Å². The number of fused-ring (bicyclic) bond motifs is 3. The smallest absolute Gasteiger partial charge is 0.246 e. The molecule has 11 heteroatoms. The topological polar surface area (TPSA) is 100 Å². The minimum Gasteiger partial charge on any atom is -0.508 e. The minimum absolute atomic E-state index is 0.00428. The number of anilines is 2. The number of thiophene rings is 1. The summed E-state index contributed by atoms with van der Waals surface area (Å²) in [5, 5.41) is 14.5. The van der Waals surface area contributed by atoms with Gasteiger partial charge in [0.25, 0.3) is 0 Å². The summed E-state index contributed by atoms with van der Waals surface area (Å²) >= 11 is 7.66. The summed E-state index contributed by atoms with van der Waals surface area (Å²) in [6.07, 6.45) is 5.79. The Morgan fingerprint density at radius 1 is 1.25 bits per heavy atom. The van der Waals surface area contributed by atoms with Gasteiger partial charge in [0.1, 0.15) is 22.7 Å². The average Bonchev–Trinajstić information content (AvgIpc) is 3.23. The molecule has 0 radical (unpaired) electrons. The summed E-state index contributed by atoms with van der Waals surface area (Å²) in [5.41, 5.74) is 1.80. The largest absolute Gasteiger partial charge is 0.508 e. The fourth-order valence-corrected chi connectivity index (χ4v) is 5.57. The molecule has 0 atom stereocenters. The molecule has 9 nitrogen and oxygen atoms in total. The molecule has 0 unspecified atom stereocenters. The Bertz CT molecular complexity index is 1210. The van der Waals surface area contributed by atoms with E-state index in [1.54, 1.807) is 43.8 Å². The van der Waals surface area contributed by atoms with Crippen molar-refractivity contribution in [2.75, 3.05) is 58.9 Å². The maximum absolute atomic E-state index is 12.9. The highest BCUT2D eigenvalue weighted by Gasteiger charge is 2.25. The Balaban J connectivity index is 1.45. The van der Waals surface area contributed by atoms with Gasteiger partial charge in [0.15, 0.2) is 0 Å². The molecule has 1 aromatic carbocycles. The summed E-state index contributed by atoms with van der Waals surface area (Å²) in [7, 11) is 3.36. The van der Waals surface area contributed by atoms with Crippen LogP contribution in [0.4, 0.5) is 11.5 Å². The molecule has 3 aromatic rings. The number of benzene rings is 1. The number of hydrogen-bond donors (Lipinski definition) is 2. The quantitative estimate of drug-likeness (QED) is 0.360. The van der Waals surface area contributed by atoms with E-state index < -0.39 is 0 Å². The van der Waals surface area contributed by atoms with Gasteiger partial charge in [-0.1, -0.05) is 17.7 Å². The number of hydrogen-bond acceptors (Lipinski definition) is 9. The first kappa shape index (κ1) is 26.3. The van der Waals surface area contributed by atoms with E-state index in [-0.39, 0.29) is 11.7 Å². The second-order valence-corrected chi connectivity index (χ2v) is 9.95. The number of phenols is 1. The number of nitrogens with zero attached hydrogens (tertiary/aromatic N) is 4. The van der Waals surface area contributed by atoms with Crippen LogP contribution in [0, 0.1) is 0 Å². The van der Waals surface area contributed by atoms with Gasteiger partial charge in [-0.2, -0.15) is 0 Å². The van der Waals surface area contributed by atoms with Crippen molar-refractivity contribution in [1.29, 1.82) is 0 Å². The monoisotopic (exact) mass is 531 g/mol. The van der Waals surface area contributed by atoms with Crippen LogP contribution in [0.3, 0.4) is 0 Å². The molecule has 0 fully saturated rings. The van der Waals surface area contributed by atoms with Crippen molar-refractivity contribution in [3.63, 3.8) is 0 Å². The van der Waals surface area contributed by atoms with E-state index >= 15 is 0 Å². The molecule has 0 spiro atoms. The molecule has 0 saturated carbocycles. The Labute approximate surface area is 219 Å². The van der Waals surface area contributed by atoms with Crippen molar-refractivity contribution >= 4 is 50.6 Å². The third kappa shape index (κ3) is 6.51. The lowest BCUT2D eigenvalue weighted by Gasteiger charge is -2.26. The number of carbonyl (C=O) groups is 1. The van der Waals surface area contributed by atoms with E-state index in [0.717, 1.165) is 33.7 Å². The van der Waals surface area contributed by atoms with Gasteiger partial charge < -0.3 is 24.8 Å². The van der Waals surface area contributed by atoms with Crippen LogP contribution < -0.4 is 5.32 Å². The number of aromatic hydroxyl groups is 1. The van der Waals surface area contributed by atoms with Crippen molar-refractivity contribution < 1.29 is 19.4 Å². The van der Waals surface area contributed by atoms with Crippen LogP contribution in [0.1, 0.15) is 10.4 Å². The van der Waals surface area contributed by atoms with Crippen LogP contribution in [0.5, 0.6) is 5.75 Å². The number of phenolic OH excluding ortho intramolecular Hbond substituents is 1. The van der Waals surface area contributed by atoms with Crippen LogP contribution in [0.25, 0.3) is 10.2 Å². The number of carbonyl (C=O) groups excluding carboxylic acids is 1. The first-order chi connectivity index (χ1) is 17.5. The summed E-state index contributed by atoms with van der Waals surface area (Å²) in [5.74, 6) is 0.729. The highest BCUT2D eigenvalue weighted by Crippen LogP contribution is 2.38. The molecule has 3 heterocycles. The van der Waals surface area contributed by atoms with Gasteiger partial charge in [-0.15, -0.1) is 11.3 Å². The normalized spacial score (nSPS) is 13.6. The number of halogens is 1. The van der Waals surface area contributed by atoms with Crippen molar-refractivity contribution in [1.82, 2.24) is 19.8 Å². The molecule has 2 N–H and O–H groups in total. The standard InChI is InChI=1S/C25H30ClN5O4S/c1-34-10-8-30(9-11-35-2)6-3-4-22(33)31-7-5-20-21(15-31)36-25-23(20)24(27-16-28-25)29-18-12-17(26)13-19(32)14-18/h3-4,12-14,16,32H,5-11,15H2,1-2H3,(H,27,28,29). The fraction of sp³-hybridized carbons (Fsp3) is 0.400. The molecule has 0 saturated heterocycles. The summed E-state index contributed by atoms with van der Waals surface area (Å²) < 4.78 is 10.3. The third-order valence-corrected chi connectivity index (χ3v) is 7.28. The first-order valence-corrected chi connectivity index (χ1v) is 12.9. The molecule has 2 aromatic heterocycles. The number of amides is 1. The number of methoxy groups -OCH3 is 2. The lowest BCUT2D eigenvalue weighted by atomic mass is 10.0. The Kier molecular flexibility index (Phi) is 9.11. The van der Waals surface area contributed by atoms with Crippen molar-refractivity contribution in [3.05, 3.63) is 52.1 Å². The maximum Gasteiger partial charge on any atom is 0.246 e. The summed E-state index contributed by atoms with van der Waals surface area (Å²) in [4.78, 5) is 27.8. The van der Waals surface area contributed by atoms with Gasteiger partial charge in [0, 0.05) is 68.1 Å². The Morgan fingerprint density at radius 3 is 2.75 bits per heavy atom. The molecule has 36 heavy (non-hydrogen) atoms. The van der Waals surface area contributed by atoms with E-state index in [9.17, 15) is 9.90 Å². The Morgan fingerprint density at radius 2 is 2.03 bits per heavy atom. The predicted molar refractivity (Wildman–Crippen MR) is 142 cm³/mol. The second-order valence-electron chi connectivity index (χ2n) is 8.43. The zero-order chi connectivity index (χ0) is 25.5. The summed E-state index contributed by atoms with van der Waals surface area (Å²) in [6, 6.07) is 4.80. The number of aromatic nitrogens is 2. The minimum atomic E-state index is -0.00428. The van der Waals surface area contributed by atoms with Crippen molar-refractivity contribution in [2.24, 2.45) is 0 Å². The van der Waals surface area contributed by atoms with E-state index in [4.69, 9.17) is 21.1 Å². The van der Waals surface area contributed by atoms with E-state index in [2.05, 4.69) is 20.2 Å². The van der Waals surface area contributed by atoms with Gasteiger partial charge in [-0.3, -0.25) is 9.69 Å². The van der Waals surface area contributed by atoms with E-state index in [1.807, 2.05) is 11.0 Å². The average molecular weight is 532 g/mol. The third-order valence-electron chi connectivity index (χ3n) is 5.94. The van der Waals surface area contributed by atoms with Crippen LogP contribution >= 0.6 is 22.9 Å². The zero-order valence-corrected chi connectivity index (χ0v) is 21.9. The highest BCUT2D eigenvalue weighted by molar-refractivity contribution is 7.19. The van der Waals surface area contributed by atoms with Gasteiger partial charge in [-0.05, 0) is 24.1 Å². The molecule has 192 valence electrons. The van der Waals surface area contributed by atoms with Crippen molar-refractivity contribution in [2.45, 2.75) is 13.0 Å². The van der Waals surface area contributed by atoms with Gasteiger partial charge in [0.2, 0.25) is 5.91 Å². The molecule has 1 aliphatic rings. The second kappa shape index (κ2) is 12.5. The Hall–Kier alpha value is -2.76. The van der Waals surface area contributed by atoms with Gasteiger partial charge in [-0.25, -0.2) is 9.97 Å². The van der Waals surface area contributed by atoms with Crippen molar-refractivity contribution in [3.8, 4) is 5.75 Å². The zero-order valence-electron chi connectivity index (χ0n) is 20.4. The van der Waals surface area contributed by atoms with Crippen LogP contribution in [0.2, 0.25) is 5.02 Å². The lowest BCUT2D eigenvalue weighted by molar-refractivity contribution is -0.126. The maximum atomic E-state index is 12.9. The molecular formula is C25H30ClN5O4S. The van der Waals surface area contributed by atoms with Crippen LogP contribution in [0.15, 0.2) is 36.7 Å². The first-order valence-electron chi connectivity index (χ1n) is 11.7. The SMILES string of the molecule is COCCN(CC=CC(=O)N1CCc2c(sc3ncnc(Nc4cc(O)cc(Cl)c4)c23)C1)CCOC.